The van der Waals surface area contributed by atoms with E-state index in [1.165, 1.54) is 0 Å². The first-order valence-electron chi connectivity index (χ1n) is 4.64. The lowest BCUT2D eigenvalue weighted by atomic mass is 10.1. The lowest BCUT2D eigenvalue weighted by Gasteiger charge is -2.10. The van der Waals surface area contributed by atoms with Crippen LogP contribution in [0.25, 0.3) is 0 Å². The van der Waals surface area contributed by atoms with Gasteiger partial charge in [0.1, 0.15) is 0 Å². The zero-order chi connectivity index (χ0) is 12.6. The third-order valence-corrected chi connectivity index (χ3v) is 6.35. The monoisotopic (exact) mass is 413 g/mol. The second-order valence-corrected chi connectivity index (χ2v) is 7.49. The van der Waals surface area contributed by atoms with Gasteiger partial charge < -0.3 is 5.73 Å². The lowest BCUT2D eigenvalue weighted by molar-refractivity contribution is 0.893. The van der Waals surface area contributed by atoms with E-state index in [1.807, 2.05) is 12.1 Å². The van der Waals surface area contributed by atoms with Crippen LogP contribution in [-0.2, 0) is 0 Å². The maximum absolute atomic E-state index is 6.18. The van der Waals surface area contributed by atoms with E-state index < -0.39 is 0 Å². The Morgan fingerprint density at radius 2 is 1.82 bits per heavy atom. The third kappa shape index (κ3) is 3.06. The van der Waals surface area contributed by atoms with E-state index in [0.717, 1.165) is 18.7 Å². The highest BCUT2D eigenvalue weighted by molar-refractivity contribution is 9.13. The van der Waals surface area contributed by atoms with Crippen LogP contribution < -0.4 is 5.73 Å². The number of halogens is 4. The molecule has 0 bridgehead atoms. The summed E-state index contributed by atoms with van der Waals surface area (Å²) < 4.78 is 2.04. The van der Waals surface area contributed by atoms with Crippen molar-refractivity contribution in [2.75, 3.05) is 0 Å². The van der Waals surface area contributed by atoms with Crippen LogP contribution in [0.15, 0.2) is 32.5 Å². The molecule has 2 N–H and O–H groups in total. The van der Waals surface area contributed by atoms with Crippen LogP contribution >= 0.6 is 66.4 Å². The van der Waals surface area contributed by atoms with E-state index in [-0.39, 0.29) is 6.04 Å². The van der Waals surface area contributed by atoms with Crippen molar-refractivity contribution < 1.29 is 0 Å². The van der Waals surface area contributed by atoms with E-state index >= 15 is 0 Å². The number of benzene rings is 1. The Kier molecular flexibility index (Phi) is 4.55. The predicted octanol–water partition coefficient (Wildman–Crippen LogP) is 5.63. The highest BCUT2D eigenvalue weighted by Crippen LogP contribution is 2.37. The molecular formula is C11H7Br2Cl2NS. The van der Waals surface area contributed by atoms with E-state index in [1.54, 1.807) is 23.5 Å². The van der Waals surface area contributed by atoms with Gasteiger partial charge in [-0.05, 0) is 55.6 Å². The van der Waals surface area contributed by atoms with Crippen LogP contribution in [0.1, 0.15) is 16.5 Å². The summed E-state index contributed by atoms with van der Waals surface area (Å²) in [5.41, 5.74) is 7.13. The fourth-order valence-electron chi connectivity index (χ4n) is 1.39. The maximum atomic E-state index is 6.18. The SMILES string of the molecule is NC(c1ccc(Cl)c(Cl)c1)c1cc(Br)c(Br)s1. The molecule has 0 saturated carbocycles. The van der Waals surface area contributed by atoms with Crippen molar-refractivity contribution >= 4 is 66.4 Å². The Morgan fingerprint density at radius 1 is 1.12 bits per heavy atom. The number of thiophene rings is 1. The normalized spacial score (nSPS) is 12.8. The summed E-state index contributed by atoms with van der Waals surface area (Å²) in [4.78, 5) is 1.06. The Bertz CT molecular complexity index is 537. The van der Waals surface area contributed by atoms with Crippen molar-refractivity contribution in [3.8, 4) is 0 Å². The summed E-state index contributed by atoms with van der Waals surface area (Å²) in [6, 6.07) is 7.26. The molecule has 0 fully saturated rings. The smallest absolute Gasteiger partial charge is 0.0843 e. The molecule has 1 atom stereocenters. The minimum atomic E-state index is -0.197. The van der Waals surface area contributed by atoms with Gasteiger partial charge in [-0.1, -0.05) is 29.3 Å². The number of rotatable bonds is 2. The average molecular weight is 416 g/mol. The number of hydrogen-bond acceptors (Lipinski definition) is 2. The van der Waals surface area contributed by atoms with Crippen molar-refractivity contribution in [2.45, 2.75) is 6.04 Å². The zero-order valence-electron chi connectivity index (χ0n) is 8.38. The average Bonchev–Trinajstić information content (AvgIpc) is 2.62. The van der Waals surface area contributed by atoms with Crippen molar-refractivity contribution in [2.24, 2.45) is 5.73 Å². The molecule has 90 valence electrons. The molecule has 1 heterocycles. The quantitative estimate of drug-likeness (QED) is 0.676. The molecule has 1 unspecified atom stereocenters. The summed E-state index contributed by atoms with van der Waals surface area (Å²) >= 11 is 20.3. The van der Waals surface area contributed by atoms with Crippen LogP contribution in [0, 0.1) is 0 Å². The highest BCUT2D eigenvalue weighted by Gasteiger charge is 2.14. The predicted molar refractivity (Wildman–Crippen MR) is 82.2 cm³/mol. The second kappa shape index (κ2) is 5.59. The van der Waals surface area contributed by atoms with Gasteiger partial charge in [0.15, 0.2) is 0 Å². The first-order chi connectivity index (χ1) is 7.99. The standard InChI is InChI=1S/C11H7Br2Cl2NS/c12-6-4-9(17-11(6)13)10(16)5-1-2-7(14)8(15)3-5/h1-4,10H,16H2. The molecule has 0 radical (unpaired) electrons. The van der Waals surface area contributed by atoms with Crippen molar-refractivity contribution in [1.29, 1.82) is 0 Å². The van der Waals surface area contributed by atoms with Crippen molar-refractivity contribution in [1.82, 2.24) is 0 Å². The van der Waals surface area contributed by atoms with Crippen LogP contribution in [0.4, 0.5) is 0 Å². The molecule has 17 heavy (non-hydrogen) atoms. The van der Waals surface area contributed by atoms with Gasteiger partial charge in [0.25, 0.3) is 0 Å². The van der Waals surface area contributed by atoms with Gasteiger partial charge in [-0.3, -0.25) is 0 Å². The van der Waals surface area contributed by atoms with Gasteiger partial charge >= 0.3 is 0 Å². The van der Waals surface area contributed by atoms with E-state index in [2.05, 4.69) is 31.9 Å². The van der Waals surface area contributed by atoms with E-state index in [4.69, 9.17) is 28.9 Å². The van der Waals surface area contributed by atoms with Crippen LogP contribution in [0.3, 0.4) is 0 Å². The maximum Gasteiger partial charge on any atom is 0.0843 e. The Balaban J connectivity index is 2.36. The summed E-state index contributed by atoms with van der Waals surface area (Å²) in [6.45, 7) is 0. The fraction of sp³-hybridized carbons (Fsp3) is 0.0909. The molecule has 2 rings (SSSR count). The molecule has 6 heteroatoms. The van der Waals surface area contributed by atoms with Crippen LogP contribution in [0.5, 0.6) is 0 Å². The Labute approximate surface area is 130 Å². The first-order valence-corrected chi connectivity index (χ1v) is 7.80. The summed E-state index contributed by atoms with van der Waals surface area (Å²) in [7, 11) is 0. The first kappa shape index (κ1) is 13.8. The van der Waals surface area contributed by atoms with Gasteiger partial charge in [-0.25, -0.2) is 0 Å². The topological polar surface area (TPSA) is 26.0 Å². The third-order valence-electron chi connectivity index (χ3n) is 2.27. The summed E-state index contributed by atoms with van der Waals surface area (Å²) in [5.74, 6) is 0. The molecule has 2 aromatic rings. The highest BCUT2D eigenvalue weighted by atomic mass is 79.9. The Morgan fingerprint density at radius 3 is 2.35 bits per heavy atom. The number of nitrogens with two attached hydrogens (primary N) is 1. The van der Waals surface area contributed by atoms with Gasteiger partial charge in [-0.2, -0.15) is 0 Å². The molecule has 0 amide bonds. The van der Waals surface area contributed by atoms with Gasteiger partial charge in [0, 0.05) is 9.35 Å². The molecule has 0 aliphatic heterocycles. The molecule has 1 aromatic heterocycles. The molecular weight excluding hydrogens is 409 g/mol. The van der Waals surface area contributed by atoms with Crippen molar-refractivity contribution in [3.63, 3.8) is 0 Å². The minimum absolute atomic E-state index is 0.197. The minimum Gasteiger partial charge on any atom is -0.320 e. The summed E-state index contributed by atoms with van der Waals surface area (Å²) in [6.07, 6.45) is 0. The fourth-order valence-corrected chi connectivity index (χ4v) is 3.81. The molecule has 1 nitrogen and oxygen atoms in total. The summed E-state index contributed by atoms with van der Waals surface area (Å²) in [5, 5.41) is 1.06. The largest absolute Gasteiger partial charge is 0.320 e. The van der Waals surface area contributed by atoms with Gasteiger partial charge in [0.05, 0.1) is 19.9 Å². The number of hydrogen-bond donors (Lipinski definition) is 1. The molecule has 0 aliphatic carbocycles. The lowest BCUT2D eigenvalue weighted by Crippen LogP contribution is -2.09. The molecule has 0 saturated heterocycles. The van der Waals surface area contributed by atoms with Gasteiger partial charge in [0.2, 0.25) is 0 Å². The molecule has 0 spiro atoms. The van der Waals surface area contributed by atoms with E-state index in [9.17, 15) is 0 Å². The van der Waals surface area contributed by atoms with Gasteiger partial charge in [-0.15, -0.1) is 11.3 Å². The van der Waals surface area contributed by atoms with Crippen molar-refractivity contribution in [3.05, 3.63) is 53.0 Å². The Hall–Kier alpha value is 0.420. The molecule has 0 aliphatic rings. The molecule has 1 aromatic carbocycles. The zero-order valence-corrected chi connectivity index (χ0v) is 13.9. The van der Waals surface area contributed by atoms with Crippen LogP contribution in [-0.4, -0.2) is 0 Å². The van der Waals surface area contributed by atoms with Crippen LogP contribution in [0.2, 0.25) is 10.0 Å². The van der Waals surface area contributed by atoms with E-state index in [0.29, 0.717) is 10.0 Å². The second-order valence-electron chi connectivity index (χ2n) is 3.42.